The van der Waals surface area contributed by atoms with E-state index >= 15 is 0 Å². The topological polar surface area (TPSA) is 77.1 Å². The molecule has 5 saturated heterocycles. The van der Waals surface area contributed by atoms with E-state index in [-0.39, 0.29) is 31.8 Å². The SMILES string of the molecule is O=C1NCc2cc(C3C(CN4CCN(C5CCC(C(F)(F)F)CN5)C[C@H]4CO)CCCC45CCC[N+]34C5)ccc2O1. The summed E-state index contributed by atoms with van der Waals surface area (Å²) in [4.78, 5) is 16.5. The molecule has 11 heteroatoms. The molecule has 1 aromatic rings. The van der Waals surface area contributed by atoms with Crippen molar-refractivity contribution in [1.29, 1.82) is 0 Å². The van der Waals surface area contributed by atoms with Gasteiger partial charge in [0.25, 0.3) is 0 Å². The first kappa shape index (κ1) is 27.9. The largest absolute Gasteiger partial charge is 0.412 e. The monoisotopic (exact) mass is 578 g/mol. The van der Waals surface area contributed by atoms with Crippen molar-refractivity contribution in [2.24, 2.45) is 11.8 Å². The van der Waals surface area contributed by atoms with Gasteiger partial charge in [-0.15, -0.1) is 0 Å². The molecule has 1 amide bonds. The standard InChI is InChI=1S/C30H42F3N5O3/c31-30(32,33)23-5-7-26(34-15-23)37-11-10-36(24(17-37)18-39)16-21-3-1-8-29-9-2-12-38(29,19-29)27(21)20-4-6-25-22(13-20)14-35-28(40)41-25/h4,6,13,21,23-24,26-27,34,39H,1-3,5,7-12,14-19H2/p+1/t21?,23?,24-,26?,27?,29?,38?/m0/s1. The lowest BCUT2D eigenvalue weighted by molar-refractivity contribution is -0.855. The van der Waals surface area contributed by atoms with E-state index in [0.717, 1.165) is 31.6 Å². The molecule has 0 aromatic heterocycles. The Morgan fingerprint density at radius 1 is 1.15 bits per heavy atom. The van der Waals surface area contributed by atoms with Crippen LogP contribution >= 0.6 is 0 Å². The molecule has 3 N–H and O–H groups in total. The van der Waals surface area contributed by atoms with Gasteiger partial charge in [-0.2, -0.15) is 13.2 Å². The van der Waals surface area contributed by atoms with Crippen LogP contribution in [0.2, 0.25) is 0 Å². The second kappa shape index (κ2) is 10.4. The fourth-order valence-electron chi connectivity index (χ4n) is 9.43. The zero-order valence-electron chi connectivity index (χ0n) is 23.7. The number of benzene rings is 1. The van der Waals surface area contributed by atoms with Crippen LogP contribution in [0, 0.1) is 11.8 Å². The number of amides is 1. The minimum Gasteiger partial charge on any atom is -0.410 e. The highest BCUT2D eigenvalue weighted by Crippen LogP contribution is 2.64. The summed E-state index contributed by atoms with van der Waals surface area (Å²) in [6.45, 7) is 6.16. The predicted molar refractivity (Wildman–Crippen MR) is 146 cm³/mol. The summed E-state index contributed by atoms with van der Waals surface area (Å²) >= 11 is 0. The van der Waals surface area contributed by atoms with Crippen molar-refractivity contribution in [3.8, 4) is 5.75 Å². The number of aliphatic hydroxyl groups is 1. The van der Waals surface area contributed by atoms with Crippen LogP contribution in [0.1, 0.15) is 62.1 Å². The van der Waals surface area contributed by atoms with E-state index < -0.39 is 18.2 Å². The van der Waals surface area contributed by atoms with E-state index in [0.29, 0.717) is 42.8 Å². The Kier molecular flexibility index (Phi) is 7.05. The van der Waals surface area contributed by atoms with Gasteiger partial charge in [0.2, 0.25) is 0 Å². The van der Waals surface area contributed by atoms with E-state index in [1.807, 2.05) is 6.07 Å². The maximum Gasteiger partial charge on any atom is 0.412 e. The first-order chi connectivity index (χ1) is 19.7. The Hall–Kier alpha value is -1.92. The number of alkyl halides is 3. The number of fused-ring (bicyclic) bond motifs is 1. The van der Waals surface area contributed by atoms with Crippen molar-refractivity contribution >= 4 is 6.09 Å². The maximum absolute atomic E-state index is 13.2. The molecule has 8 nitrogen and oxygen atoms in total. The highest BCUT2D eigenvalue weighted by atomic mass is 19.4. The van der Waals surface area contributed by atoms with E-state index in [1.165, 1.54) is 48.8 Å². The van der Waals surface area contributed by atoms with Gasteiger partial charge < -0.3 is 25.0 Å². The fraction of sp³-hybridized carbons (Fsp3) is 0.767. The fourth-order valence-corrected chi connectivity index (χ4v) is 9.43. The third kappa shape index (κ3) is 4.85. The number of ether oxygens (including phenoxy) is 1. The van der Waals surface area contributed by atoms with Crippen LogP contribution in [-0.2, 0) is 6.54 Å². The molecular formula is C30H43F3N5O3+. The highest BCUT2D eigenvalue weighted by Gasteiger charge is 2.76. The Balaban J connectivity index is 1.09. The number of carbonyl (C=O) groups is 1. The Morgan fingerprint density at radius 2 is 2.00 bits per heavy atom. The minimum atomic E-state index is -4.14. The second-order valence-electron chi connectivity index (χ2n) is 13.5. The van der Waals surface area contributed by atoms with Gasteiger partial charge in [0, 0.05) is 81.6 Å². The highest BCUT2D eigenvalue weighted by molar-refractivity contribution is 5.73. The molecule has 7 atom stereocenters. The molecule has 0 spiro atoms. The van der Waals surface area contributed by atoms with Gasteiger partial charge in [0.05, 0.1) is 25.2 Å². The molecule has 6 aliphatic heterocycles. The molecule has 6 heterocycles. The zero-order chi connectivity index (χ0) is 28.4. The lowest BCUT2D eigenvalue weighted by atomic mass is 9.86. The summed E-state index contributed by atoms with van der Waals surface area (Å²) in [5.74, 6) is -0.180. The van der Waals surface area contributed by atoms with Gasteiger partial charge in [0.1, 0.15) is 23.9 Å². The number of rotatable bonds is 5. The molecule has 6 unspecified atom stereocenters. The number of carbonyl (C=O) groups excluding carboxylic acids is 1. The normalized spacial score (nSPS) is 39.6. The third-order valence-corrected chi connectivity index (χ3v) is 11.5. The van der Waals surface area contributed by atoms with E-state index in [9.17, 15) is 23.1 Å². The summed E-state index contributed by atoms with van der Waals surface area (Å²) in [6.07, 6.45) is 2.28. The van der Waals surface area contributed by atoms with E-state index in [2.05, 4.69) is 32.6 Å². The first-order valence-corrected chi connectivity index (χ1v) is 15.6. The number of halogens is 3. The smallest absolute Gasteiger partial charge is 0.410 e. The third-order valence-electron chi connectivity index (χ3n) is 11.5. The summed E-state index contributed by atoms with van der Waals surface area (Å²) in [7, 11) is 0. The van der Waals surface area contributed by atoms with Crippen molar-refractivity contribution in [3.63, 3.8) is 0 Å². The average molecular weight is 579 g/mol. The molecule has 41 heavy (non-hydrogen) atoms. The van der Waals surface area contributed by atoms with Gasteiger partial charge in [-0.25, -0.2) is 4.79 Å². The van der Waals surface area contributed by atoms with Crippen molar-refractivity contribution < 1.29 is 32.3 Å². The van der Waals surface area contributed by atoms with Crippen LogP contribution in [0.4, 0.5) is 18.0 Å². The molecule has 0 saturated carbocycles. The number of quaternary nitrogens is 1. The lowest BCUT2D eigenvalue weighted by Crippen LogP contribution is -2.62. The summed E-state index contributed by atoms with van der Waals surface area (Å²) in [5, 5.41) is 16.4. The summed E-state index contributed by atoms with van der Waals surface area (Å²) in [6, 6.07) is 6.76. The Morgan fingerprint density at radius 3 is 2.78 bits per heavy atom. The Bertz CT molecular complexity index is 1160. The van der Waals surface area contributed by atoms with E-state index in [4.69, 9.17) is 4.74 Å². The van der Waals surface area contributed by atoms with Crippen LogP contribution in [0.25, 0.3) is 0 Å². The molecule has 0 aliphatic carbocycles. The van der Waals surface area contributed by atoms with Crippen molar-refractivity contribution in [1.82, 2.24) is 20.4 Å². The lowest BCUT2D eigenvalue weighted by Gasteiger charge is -2.47. The number of hydrogen-bond acceptors (Lipinski definition) is 6. The molecule has 6 aliphatic rings. The van der Waals surface area contributed by atoms with Crippen LogP contribution < -0.4 is 15.4 Å². The number of hydrogen-bond donors (Lipinski definition) is 3. The van der Waals surface area contributed by atoms with E-state index in [1.54, 1.807) is 0 Å². The number of piperazine rings is 1. The number of nitrogens with zero attached hydrogens (tertiary/aromatic N) is 3. The molecule has 7 rings (SSSR count). The minimum absolute atomic E-state index is 0.0283. The van der Waals surface area contributed by atoms with Gasteiger partial charge in [0.15, 0.2) is 0 Å². The number of aliphatic hydroxyl groups excluding tert-OH is 1. The number of piperidine rings is 2. The molecule has 1 aromatic carbocycles. The van der Waals surface area contributed by atoms with Gasteiger partial charge in [-0.05, 0) is 43.9 Å². The summed E-state index contributed by atoms with van der Waals surface area (Å²) in [5.41, 5.74) is 2.78. The van der Waals surface area contributed by atoms with Gasteiger partial charge in [-0.1, -0.05) is 0 Å². The van der Waals surface area contributed by atoms with Crippen LogP contribution in [0.3, 0.4) is 0 Å². The molecule has 5 fully saturated rings. The Labute approximate surface area is 239 Å². The molecule has 0 radical (unpaired) electrons. The average Bonchev–Trinajstić information content (AvgIpc) is 3.48. The van der Waals surface area contributed by atoms with Crippen molar-refractivity contribution in [2.45, 2.75) is 81.5 Å². The van der Waals surface area contributed by atoms with Crippen LogP contribution in [0.15, 0.2) is 18.2 Å². The van der Waals surface area contributed by atoms with Crippen LogP contribution in [-0.4, -0.2) is 102 Å². The molecular weight excluding hydrogens is 535 g/mol. The first-order valence-electron chi connectivity index (χ1n) is 15.6. The number of nitrogens with one attached hydrogen (secondary N) is 2. The quantitative estimate of drug-likeness (QED) is 0.368. The molecule has 226 valence electrons. The second-order valence-corrected chi connectivity index (χ2v) is 13.5. The van der Waals surface area contributed by atoms with Crippen LogP contribution in [0.5, 0.6) is 5.75 Å². The zero-order valence-corrected chi connectivity index (χ0v) is 23.7. The van der Waals surface area contributed by atoms with Crippen molar-refractivity contribution in [3.05, 3.63) is 29.3 Å². The predicted octanol–water partition coefficient (Wildman–Crippen LogP) is 3.36. The molecule has 0 bridgehead atoms. The van der Waals surface area contributed by atoms with Gasteiger partial charge in [-0.3, -0.25) is 9.80 Å². The summed E-state index contributed by atoms with van der Waals surface area (Å²) < 4.78 is 46.1. The maximum atomic E-state index is 13.2. The van der Waals surface area contributed by atoms with Gasteiger partial charge >= 0.3 is 12.3 Å². The van der Waals surface area contributed by atoms with Crippen molar-refractivity contribution in [2.75, 3.05) is 52.4 Å².